The molecular weight excluding hydrogens is 576 g/mol. The summed E-state index contributed by atoms with van der Waals surface area (Å²) >= 11 is 7.68. The highest BCUT2D eigenvalue weighted by atomic mass is 32.1. The van der Waals surface area contributed by atoms with Gasteiger partial charge in [-0.2, -0.15) is 25.3 Å². The van der Waals surface area contributed by atoms with Crippen LogP contribution in [0.15, 0.2) is 0 Å². The van der Waals surface area contributed by atoms with Crippen molar-refractivity contribution in [1.82, 2.24) is 26.6 Å². The van der Waals surface area contributed by atoms with Crippen LogP contribution in [0.1, 0.15) is 32.6 Å². The zero-order chi connectivity index (χ0) is 31.0. The van der Waals surface area contributed by atoms with Crippen molar-refractivity contribution < 1.29 is 53.7 Å². The Kier molecular flexibility index (Phi) is 17.0. The number of nitrogens with one attached hydrogen (secondary N) is 5. The van der Waals surface area contributed by atoms with Gasteiger partial charge in [0.15, 0.2) is 0 Å². The van der Waals surface area contributed by atoms with E-state index in [1.165, 1.54) is 6.92 Å². The molecular formula is C21H34N6O11S2. The summed E-state index contributed by atoms with van der Waals surface area (Å²) in [5.41, 5.74) is 5.53. The fraction of sp³-hybridized carbons (Fsp3) is 0.619. The largest absolute Gasteiger partial charge is 0.481 e. The molecule has 0 fully saturated rings. The Balaban J connectivity index is 5.16. The lowest BCUT2D eigenvalue weighted by Crippen LogP contribution is -2.56. The van der Waals surface area contributed by atoms with E-state index in [1.807, 2.05) is 0 Å². The molecule has 0 heterocycles. The van der Waals surface area contributed by atoms with Gasteiger partial charge in [0, 0.05) is 24.3 Å². The molecule has 0 aliphatic heterocycles. The lowest BCUT2D eigenvalue weighted by atomic mass is 10.1. The topological polar surface area (TPSA) is 283 Å². The van der Waals surface area contributed by atoms with E-state index in [4.69, 9.17) is 21.1 Å². The molecule has 0 bridgehead atoms. The summed E-state index contributed by atoms with van der Waals surface area (Å²) in [7, 11) is 0. The first-order chi connectivity index (χ1) is 18.6. The third kappa shape index (κ3) is 14.5. The minimum atomic E-state index is -1.45. The number of thiol groups is 2. The molecule has 0 aromatic rings. The Morgan fingerprint density at radius 2 is 1.15 bits per heavy atom. The molecule has 226 valence electrons. The van der Waals surface area contributed by atoms with Gasteiger partial charge in [-0.3, -0.25) is 33.6 Å². The second kappa shape index (κ2) is 18.7. The van der Waals surface area contributed by atoms with Crippen molar-refractivity contribution in [1.29, 1.82) is 0 Å². The quantitative estimate of drug-likeness (QED) is 0.0625. The van der Waals surface area contributed by atoms with Crippen molar-refractivity contribution in [2.24, 2.45) is 5.73 Å². The highest BCUT2D eigenvalue weighted by molar-refractivity contribution is 7.80. The normalized spacial score (nSPS) is 14.3. The maximum absolute atomic E-state index is 12.5. The molecule has 0 saturated heterocycles. The summed E-state index contributed by atoms with van der Waals surface area (Å²) < 4.78 is 0. The van der Waals surface area contributed by atoms with Gasteiger partial charge in [-0.15, -0.1) is 0 Å². The van der Waals surface area contributed by atoms with Crippen LogP contribution in [0.25, 0.3) is 0 Å². The second-order valence-electron chi connectivity index (χ2n) is 8.37. The SMILES string of the molecule is C[C@H](NC(=O)CNC(=O)[C@H](CCC(=O)O)NC(=O)[C@@H](N)CS)C(=O)N[C@@H](CCC(=O)O)C(=O)N[C@@H](CS)C(=O)O. The summed E-state index contributed by atoms with van der Waals surface area (Å²) in [4.78, 5) is 94.7. The average molecular weight is 611 g/mol. The number of aliphatic carboxylic acids is 3. The molecule has 5 atom stereocenters. The standard InChI is InChI=1S/C21H34N6O11S2/c1-9(17(33)25-12(3-5-16(31)32)20(36)27-13(8-40)21(37)38)24-14(28)6-23-19(35)11(2-4-15(29)30)26-18(34)10(22)7-39/h9-13,39-40H,2-8,22H2,1H3,(H,23,35)(H,24,28)(H,25,33)(H,26,34)(H,27,36)(H,29,30)(H,31,32)(H,37,38)/t9-,10-,11-,12-,13-/m0/s1. The van der Waals surface area contributed by atoms with E-state index >= 15 is 0 Å². The molecule has 0 saturated carbocycles. The van der Waals surface area contributed by atoms with Crippen LogP contribution in [0.3, 0.4) is 0 Å². The van der Waals surface area contributed by atoms with Gasteiger partial charge in [-0.25, -0.2) is 4.79 Å². The molecule has 0 radical (unpaired) electrons. The first-order valence-corrected chi connectivity index (χ1v) is 13.0. The molecule has 0 unspecified atom stereocenters. The number of carboxylic acids is 3. The van der Waals surface area contributed by atoms with Crippen LogP contribution in [-0.4, -0.2) is 111 Å². The van der Waals surface area contributed by atoms with Crippen molar-refractivity contribution >= 4 is 72.7 Å². The molecule has 40 heavy (non-hydrogen) atoms. The summed E-state index contributed by atoms with van der Waals surface area (Å²) in [6.07, 6.45) is -1.71. The van der Waals surface area contributed by atoms with Crippen molar-refractivity contribution in [2.45, 2.75) is 62.8 Å². The van der Waals surface area contributed by atoms with Gasteiger partial charge < -0.3 is 47.6 Å². The first kappa shape index (κ1) is 36.4. The van der Waals surface area contributed by atoms with E-state index in [0.29, 0.717) is 0 Å². The summed E-state index contributed by atoms with van der Waals surface area (Å²) in [5.74, 6) is -8.67. The number of amides is 5. The van der Waals surface area contributed by atoms with Crippen LogP contribution in [0, 0.1) is 0 Å². The number of nitrogens with two attached hydrogens (primary N) is 1. The van der Waals surface area contributed by atoms with E-state index in [2.05, 4.69) is 51.8 Å². The molecule has 19 heteroatoms. The number of hydrogen-bond acceptors (Lipinski definition) is 11. The van der Waals surface area contributed by atoms with E-state index in [-0.39, 0.29) is 24.3 Å². The molecule has 0 aromatic heterocycles. The minimum absolute atomic E-state index is 0.0460. The van der Waals surface area contributed by atoms with Crippen molar-refractivity contribution in [3.05, 3.63) is 0 Å². The van der Waals surface area contributed by atoms with Gasteiger partial charge in [-0.1, -0.05) is 0 Å². The van der Waals surface area contributed by atoms with Gasteiger partial charge in [0.05, 0.1) is 12.6 Å². The summed E-state index contributed by atoms with van der Waals surface area (Å²) in [6.45, 7) is 0.545. The molecule has 0 aliphatic rings. The predicted molar refractivity (Wildman–Crippen MR) is 143 cm³/mol. The molecule has 0 aromatic carbocycles. The van der Waals surface area contributed by atoms with Crippen molar-refractivity contribution in [3.63, 3.8) is 0 Å². The van der Waals surface area contributed by atoms with E-state index in [1.54, 1.807) is 0 Å². The van der Waals surface area contributed by atoms with E-state index in [9.17, 15) is 38.4 Å². The van der Waals surface area contributed by atoms with Crippen molar-refractivity contribution in [2.75, 3.05) is 18.1 Å². The van der Waals surface area contributed by atoms with Gasteiger partial charge >= 0.3 is 17.9 Å². The number of carboxylic acid groups (broad SMARTS) is 3. The molecule has 0 spiro atoms. The fourth-order valence-electron chi connectivity index (χ4n) is 2.84. The Morgan fingerprint density at radius 1 is 0.675 bits per heavy atom. The summed E-state index contributed by atoms with van der Waals surface area (Å²) in [5, 5.41) is 37.9. The zero-order valence-electron chi connectivity index (χ0n) is 21.4. The Hall–Kier alpha value is -3.58. The van der Waals surface area contributed by atoms with Gasteiger partial charge in [0.1, 0.15) is 24.2 Å². The third-order valence-corrected chi connectivity index (χ3v) is 5.84. The molecule has 0 rings (SSSR count). The monoisotopic (exact) mass is 610 g/mol. The van der Waals surface area contributed by atoms with Gasteiger partial charge in [0.25, 0.3) is 0 Å². The van der Waals surface area contributed by atoms with Crippen LogP contribution in [-0.2, 0) is 38.4 Å². The first-order valence-electron chi connectivity index (χ1n) is 11.7. The Morgan fingerprint density at radius 3 is 1.60 bits per heavy atom. The molecule has 17 nitrogen and oxygen atoms in total. The van der Waals surface area contributed by atoms with Crippen LogP contribution in [0.5, 0.6) is 0 Å². The van der Waals surface area contributed by atoms with Gasteiger partial charge in [0.2, 0.25) is 29.5 Å². The minimum Gasteiger partial charge on any atom is -0.481 e. The average Bonchev–Trinajstić information content (AvgIpc) is 2.88. The zero-order valence-corrected chi connectivity index (χ0v) is 23.2. The number of carbonyl (C=O) groups is 8. The number of rotatable bonds is 19. The van der Waals surface area contributed by atoms with E-state index < -0.39 is 97.0 Å². The van der Waals surface area contributed by atoms with Crippen LogP contribution in [0.4, 0.5) is 0 Å². The van der Waals surface area contributed by atoms with Crippen molar-refractivity contribution in [3.8, 4) is 0 Å². The summed E-state index contributed by atoms with van der Waals surface area (Å²) in [6, 6.07) is -6.55. The van der Waals surface area contributed by atoms with Crippen LogP contribution < -0.4 is 32.3 Å². The fourth-order valence-corrected chi connectivity index (χ4v) is 3.25. The maximum Gasteiger partial charge on any atom is 0.327 e. The maximum atomic E-state index is 12.5. The third-order valence-electron chi connectivity index (χ3n) is 5.08. The van der Waals surface area contributed by atoms with Crippen LogP contribution in [0.2, 0.25) is 0 Å². The van der Waals surface area contributed by atoms with E-state index in [0.717, 1.165) is 0 Å². The van der Waals surface area contributed by atoms with Gasteiger partial charge in [-0.05, 0) is 19.8 Å². The highest BCUT2D eigenvalue weighted by Crippen LogP contribution is 2.02. The highest BCUT2D eigenvalue weighted by Gasteiger charge is 2.29. The second-order valence-corrected chi connectivity index (χ2v) is 9.10. The lowest BCUT2D eigenvalue weighted by Gasteiger charge is -2.23. The molecule has 5 amide bonds. The smallest absolute Gasteiger partial charge is 0.327 e. The predicted octanol–water partition coefficient (Wildman–Crippen LogP) is -3.94. The Bertz CT molecular complexity index is 967. The Labute approximate surface area is 239 Å². The van der Waals surface area contributed by atoms with Crippen LogP contribution >= 0.6 is 25.3 Å². The molecule has 10 N–H and O–H groups in total. The molecule has 0 aliphatic carbocycles. The lowest BCUT2D eigenvalue weighted by molar-refractivity contribution is -0.142. The number of carbonyl (C=O) groups excluding carboxylic acids is 5. The number of hydrogen-bond donors (Lipinski definition) is 11.